The number of benzene rings is 1. The van der Waals surface area contributed by atoms with Crippen LogP contribution < -0.4 is 4.74 Å². The molecule has 0 saturated carbocycles. The lowest BCUT2D eigenvalue weighted by molar-refractivity contribution is -0.107. The third-order valence-electron chi connectivity index (χ3n) is 3.39. The second-order valence-electron chi connectivity index (χ2n) is 5.33. The fourth-order valence-electron chi connectivity index (χ4n) is 2.16. The first-order chi connectivity index (χ1) is 10.3. The van der Waals surface area contributed by atoms with E-state index in [1.807, 2.05) is 30.3 Å². The molecule has 116 valence electrons. The van der Waals surface area contributed by atoms with E-state index in [1.54, 1.807) is 0 Å². The van der Waals surface area contributed by atoms with E-state index in [0.717, 1.165) is 43.7 Å². The van der Waals surface area contributed by atoms with Gasteiger partial charge in [-0.15, -0.1) is 6.58 Å². The van der Waals surface area contributed by atoms with Crippen molar-refractivity contribution in [3.63, 3.8) is 0 Å². The highest BCUT2D eigenvalue weighted by Crippen LogP contribution is 2.13. The number of hydrogen-bond acceptors (Lipinski definition) is 3. The number of hydrogen-bond donors (Lipinski definition) is 0. The Morgan fingerprint density at radius 3 is 2.52 bits per heavy atom. The van der Waals surface area contributed by atoms with Gasteiger partial charge in [0.25, 0.3) is 0 Å². The average molecular weight is 289 g/mol. The Labute approximate surface area is 128 Å². The standard InChI is InChI=1S/C18H27NO2/c1-3-13-19(2)14-6-4-5-7-16-21-18-10-8-17(9-11-18)12-15-20/h3,8-11,15H,1,4-7,12-14,16H2,2H3. The Balaban J connectivity index is 2.03. The van der Waals surface area contributed by atoms with Crippen LogP contribution >= 0.6 is 0 Å². The molecule has 1 aromatic rings. The zero-order valence-corrected chi connectivity index (χ0v) is 13.1. The molecule has 0 saturated heterocycles. The zero-order valence-electron chi connectivity index (χ0n) is 13.1. The molecular weight excluding hydrogens is 262 g/mol. The highest BCUT2D eigenvalue weighted by molar-refractivity contribution is 5.55. The first-order valence-electron chi connectivity index (χ1n) is 7.71. The topological polar surface area (TPSA) is 29.5 Å². The number of carbonyl (C=O) groups excluding carboxylic acids is 1. The van der Waals surface area contributed by atoms with Gasteiger partial charge in [0.1, 0.15) is 12.0 Å². The van der Waals surface area contributed by atoms with E-state index >= 15 is 0 Å². The van der Waals surface area contributed by atoms with Crippen LogP contribution in [0.15, 0.2) is 36.9 Å². The minimum absolute atomic E-state index is 0.473. The predicted octanol–water partition coefficient (Wildman–Crippen LogP) is 3.49. The summed E-state index contributed by atoms with van der Waals surface area (Å²) in [6.45, 7) is 6.59. The molecule has 21 heavy (non-hydrogen) atoms. The van der Waals surface area contributed by atoms with E-state index < -0.39 is 0 Å². The SMILES string of the molecule is C=CCN(C)CCCCCCOc1ccc(CC=O)cc1. The molecule has 0 radical (unpaired) electrons. The van der Waals surface area contributed by atoms with Crippen LogP contribution in [0.5, 0.6) is 5.75 Å². The average Bonchev–Trinajstić information content (AvgIpc) is 2.48. The molecule has 1 aromatic carbocycles. The normalized spacial score (nSPS) is 10.6. The molecule has 0 aromatic heterocycles. The van der Waals surface area contributed by atoms with Gasteiger partial charge in [0.05, 0.1) is 6.61 Å². The molecule has 0 aliphatic heterocycles. The minimum atomic E-state index is 0.473. The lowest BCUT2D eigenvalue weighted by Crippen LogP contribution is -2.19. The highest BCUT2D eigenvalue weighted by Gasteiger charge is 1.97. The van der Waals surface area contributed by atoms with E-state index in [1.165, 1.54) is 19.3 Å². The van der Waals surface area contributed by atoms with Crippen LogP contribution in [0.2, 0.25) is 0 Å². The summed E-state index contributed by atoms with van der Waals surface area (Å²) >= 11 is 0. The molecule has 0 unspecified atom stereocenters. The van der Waals surface area contributed by atoms with Crippen molar-refractivity contribution in [2.45, 2.75) is 32.1 Å². The largest absolute Gasteiger partial charge is 0.494 e. The fourth-order valence-corrected chi connectivity index (χ4v) is 2.16. The Hall–Kier alpha value is -1.61. The maximum atomic E-state index is 10.4. The van der Waals surface area contributed by atoms with Crippen molar-refractivity contribution in [1.29, 1.82) is 0 Å². The van der Waals surface area contributed by atoms with Crippen molar-refractivity contribution in [2.75, 3.05) is 26.7 Å². The zero-order chi connectivity index (χ0) is 15.3. The number of ether oxygens (including phenoxy) is 1. The molecule has 0 N–H and O–H groups in total. The van der Waals surface area contributed by atoms with E-state index in [0.29, 0.717) is 6.42 Å². The van der Waals surface area contributed by atoms with Crippen molar-refractivity contribution in [3.05, 3.63) is 42.5 Å². The first kappa shape index (κ1) is 17.4. The summed E-state index contributed by atoms with van der Waals surface area (Å²) in [5.74, 6) is 0.885. The van der Waals surface area contributed by atoms with Crippen LogP contribution in [-0.4, -0.2) is 37.9 Å². The first-order valence-corrected chi connectivity index (χ1v) is 7.71. The fraction of sp³-hybridized carbons (Fsp3) is 0.500. The third kappa shape index (κ3) is 8.30. The van der Waals surface area contributed by atoms with E-state index in [2.05, 4.69) is 18.5 Å². The van der Waals surface area contributed by atoms with Crippen molar-refractivity contribution in [2.24, 2.45) is 0 Å². The molecule has 0 amide bonds. The quantitative estimate of drug-likeness (QED) is 0.335. The number of aldehydes is 1. The van der Waals surface area contributed by atoms with Crippen LogP contribution in [-0.2, 0) is 11.2 Å². The summed E-state index contributed by atoms with van der Waals surface area (Å²) in [5, 5.41) is 0. The van der Waals surface area contributed by atoms with Gasteiger partial charge in [0.2, 0.25) is 0 Å². The Morgan fingerprint density at radius 1 is 1.14 bits per heavy atom. The van der Waals surface area contributed by atoms with Crippen LogP contribution in [0.25, 0.3) is 0 Å². The van der Waals surface area contributed by atoms with Crippen molar-refractivity contribution >= 4 is 6.29 Å². The van der Waals surface area contributed by atoms with Crippen LogP contribution in [0.3, 0.4) is 0 Å². The summed E-state index contributed by atoms with van der Waals surface area (Å²) in [6.07, 6.45) is 8.08. The number of carbonyl (C=O) groups is 1. The molecule has 0 atom stereocenters. The van der Waals surface area contributed by atoms with Crippen molar-refractivity contribution in [3.8, 4) is 5.75 Å². The highest BCUT2D eigenvalue weighted by atomic mass is 16.5. The van der Waals surface area contributed by atoms with E-state index in [4.69, 9.17) is 4.74 Å². The molecule has 3 heteroatoms. The van der Waals surface area contributed by atoms with Gasteiger partial charge >= 0.3 is 0 Å². The summed E-state index contributed by atoms with van der Waals surface area (Å²) in [4.78, 5) is 12.7. The van der Waals surface area contributed by atoms with Gasteiger partial charge in [-0.3, -0.25) is 0 Å². The number of likely N-dealkylation sites (N-methyl/N-ethyl adjacent to an activating group) is 1. The Bertz CT molecular complexity index is 400. The van der Waals surface area contributed by atoms with Crippen molar-refractivity contribution in [1.82, 2.24) is 4.90 Å². The molecule has 3 nitrogen and oxygen atoms in total. The molecule has 0 aliphatic rings. The van der Waals surface area contributed by atoms with Crippen molar-refractivity contribution < 1.29 is 9.53 Å². The monoisotopic (exact) mass is 289 g/mol. The van der Waals surface area contributed by atoms with E-state index in [9.17, 15) is 4.79 Å². The molecule has 0 fully saturated rings. The van der Waals surface area contributed by atoms with Gasteiger partial charge in [-0.25, -0.2) is 0 Å². The summed E-state index contributed by atoms with van der Waals surface area (Å²) in [7, 11) is 2.12. The number of nitrogens with zero attached hydrogens (tertiary/aromatic N) is 1. The smallest absolute Gasteiger partial charge is 0.124 e. The van der Waals surface area contributed by atoms with E-state index in [-0.39, 0.29) is 0 Å². The predicted molar refractivity (Wildman–Crippen MR) is 87.9 cm³/mol. The summed E-state index contributed by atoms with van der Waals surface area (Å²) in [5.41, 5.74) is 1.03. The minimum Gasteiger partial charge on any atom is -0.494 e. The molecule has 0 aliphatic carbocycles. The Kier molecular flexibility index (Phi) is 9.21. The Morgan fingerprint density at radius 2 is 1.86 bits per heavy atom. The molecular formula is C18H27NO2. The summed E-state index contributed by atoms with van der Waals surface area (Å²) in [6, 6.07) is 7.75. The van der Waals surface area contributed by atoms with Gasteiger partial charge in [-0.05, 0) is 44.1 Å². The lowest BCUT2D eigenvalue weighted by atomic mass is 10.1. The second kappa shape index (κ2) is 11.1. The third-order valence-corrected chi connectivity index (χ3v) is 3.39. The summed E-state index contributed by atoms with van der Waals surface area (Å²) < 4.78 is 5.69. The van der Waals surface area contributed by atoms with Crippen LogP contribution in [0, 0.1) is 0 Å². The van der Waals surface area contributed by atoms with Crippen LogP contribution in [0.4, 0.5) is 0 Å². The molecule has 0 spiro atoms. The lowest BCUT2D eigenvalue weighted by Gasteiger charge is -2.13. The molecule has 0 heterocycles. The van der Waals surface area contributed by atoms with Gasteiger partial charge in [0, 0.05) is 13.0 Å². The van der Waals surface area contributed by atoms with Gasteiger partial charge < -0.3 is 14.4 Å². The van der Waals surface area contributed by atoms with Gasteiger partial charge in [-0.2, -0.15) is 0 Å². The maximum Gasteiger partial charge on any atom is 0.124 e. The van der Waals surface area contributed by atoms with Crippen LogP contribution in [0.1, 0.15) is 31.2 Å². The number of rotatable bonds is 12. The molecule has 0 bridgehead atoms. The van der Waals surface area contributed by atoms with Gasteiger partial charge in [-0.1, -0.05) is 31.1 Å². The number of unbranched alkanes of at least 4 members (excludes halogenated alkanes) is 3. The second-order valence-corrected chi connectivity index (χ2v) is 5.33. The molecule has 1 rings (SSSR count). The maximum absolute atomic E-state index is 10.4. The van der Waals surface area contributed by atoms with Gasteiger partial charge in [0.15, 0.2) is 0 Å².